The molecule has 2 N–H and O–H groups in total. The molecule has 1 aromatic heterocycles. The fraction of sp³-hybridized carbons (Fsp3) is 0.476. The van der Waals surface area contributed by atoms with Crippen LogP contribution in [0.5, 0.6) is 0 Å². The zero-order chi connectivity index (χ0) is 23.0. The summed E-state index contributed by atoms with van der Waals surface area (Å²) >= 11 is 0. The fourth-order valence-corrected chi connectivity index (χ4v) is 5.45. The van der Waals surface area contributed by atoms with Crippen molar-refractivity contribution in [2.45, 2.75) is 37.8 Å². The molecular weight excluding hydrogens is 437 g/mol. The summed E-state index contributed by atoms with van der Waals surface area (Å²) in [5, 5.41) is 4.28. The molecule has 0 radical (unpaired) electrons. The Kier molecular flexibility index (Phi) is 6.04. The van der Waals surface area contributed by atoms with Crippen molar-refractivity contribution in [2.75, 3.05) is 36.5 Å². The highest BCUT2D eigenvalue weighted by atomic mass is 32.2. The first-order valence-corrected chi connectivity index (χ1v) is 12.2. The summed E-state index contributed by atoms with van der Waals surface area (Å²) in [6.45, 7) is 7.40. The molecule has 1 aromatic carbocycles. The van der Waals surface area contributed by atoms with Crippen LogP contribution in [0.4, 0.5) is 20.7 Å². The van der Waals surface area contributed by atoms with Gasteiger partial charge in [0, 0.05) is 24.2 Å². The topological polar surface area (TPSA) is 114 Å². The molecule has 2 amide bonds. The van der Waals surface area contributed by atoms with Crippen LogP contribution in [0.25, 0.3) is 11.4 Å². The number of halogens is 1. The Bertz CT molecular complexity index is 1160. The smallest absolute Gasteiger partial charge is 0.319 e. The van der Waals surface area contributed by atoms with Crippen LogP contribution in [0.2, 0.25) is 0 Å². The van der Waals surface area contributed by atoms with E-state index in [1.54, 1.807) is 19.9 Å². The third kappa shape index (κ3) is 4.14. The zero-order valence-electron chi connectivity index (χ0n) is 18.2. The van der Waals surface area contributed by atoms with Crippen molar-refractivity contribution in [1.29, 1.82) is 0 Å². The molecule has 3 heterocycles. The van der Waals surface area contributed by atoms with Gasteiger partial charge in [0.1, 0.15) is 11.6 Å². The number of hydrogen-bond donors (Lipinski definition) is 2. The number of hydrogen-bond acceptors (Lipinski definition) is 7. The van der Waals surface area contributed by atoms with Crippen molar-refractivity contribution in [1.82, 2.24) is 15.3 Å². The van der Waals surface area contributed by atoms with E-state index in [2.05, 4.69) is 15.6 Å². The molecule has 0 saturated carbocycles. The zero-order valence-corrected chi connectivity index (χ0v) is 19.0. The third-order valence-corrected chi connectivity index (χ3v) is 7.73. The number of carbonyl (C=O) groups excluding carboxylic acids is 1. The van der Waals surface area contributed by atoms with Crippen LogP contribution in [0, 0.1) is 5.82 Å². The van der Waals surface area contributed by atoms with E-state index < -0.39 is 26.9 Å². The summed E-state index contributed by atoms with van der Waals surface area (Å²) in [6.07, 6.45) is 0. The number of aromatic nitrogens is 2. The predicted molar refractivity (Wildman–Crippen MR) is 119 cm³/mol. The lowest BCUT2D eigenvalue weighted by atomic mass is 10.1. The Balaban J connectivity index is 1.77. The molecule has 0 bridgehead atoms. The Hall–Kier alpha value is -2.79. The highest BCUT2D eigenvalue weighted by Gasteiger charge is 2.40. The normalized spacial score (nSPS) is 21.8. The van der Waals surface area contributed by atoms with E-state index in [1.165, 1.54) is 12.1 Å². The molecule has 172 valence electrons. The van der Waals surface area contributed by atoms with Crippen LogP contribution < -0.4 is 15.5 Å². The number of carbonyl (C=O) groups is 1. The van der Waals surface area contributed by atoms with Crippen LogP contribution in [-0.4, -0.2) is 56.8 Å². The second-order valence-electron chi connectivity index (χ2n) is 7.98. The van der Waals surface area contributed by atoms with Crippen LogP contribution in [-0.2, 0) is 20.3 Å². The Morgan fingerprint density at radius 2 is 2.09 bits per heavy atom. The average Bonchev–Trinajstić information content (AvgIpc) is 2.98. The van der Waals surface area contributed by atoms with Gasteiger partial charge in [0.2, 0.25) is 0 Å². The molecule has 2 aliphatic rings. The van der Waals surface area contributed by atoms with Crippen molar-refractivity contribution < 1.29 is 22.3 Å². The molecule has 2 unspecified atom stereocenters. The maximum absolute atomic E-state index is 14.7. The second-order valence-corrected chi connectivity index (χ2v) is 10.3. The first-order valence-electron chi connectivity index (χ1n) is 10.5. The summed E-state index contributed by atoms with van der Waals surface area (Å²) in [5.74, 6) is -0.0195. The van der Waals surface area contributed by atoms with Crippen molar-refractivity contribution in [3.63, 3.8) is 0 Å². The van der Waals surface area contributed by atoms with E-state index in [0.29, 0.717) is 48.9 Å². The molecule has 32 heavy (non-hydrogen) atoms. The number of amides is 2. The molecule has 4 rings (SSSR count). The number of nitrogens with one attached hydrogen (secondary N) is 2. The van der Waals surface area contributed by atoms with E-state index in [-0.39, 0.29) is 23.3 Å². The first-order chi connectivity index (χ1) is 15.2. The van der Waals surface area contributed by atoms with Crippen molar-refractivity contribution in [3.8, 4) is 11.4 Å². The maximum Gasteiger partial charge on any atom is 0.319 e. The van der Waals surface area contributed by atoms with Gasteiger partial charge in [-0.3, -0.25) is 0 Å². The summed E-state index contributed by atoms with van der Waals surface area (Å²) in [4.78, 5) is 22.9. The number of rotatable bonds is 4. The van der Waals surface area contributed by atoms with Crippen LogP contribution in [0.1, 0.15) is 37.3 Å². The number of fused-ring (bicyclic) bond motifs is 1. The average molecular weight is 464 g/mol. The number of benzene rings is 1. The number of anilines is 2. The van der Waals surface area contributed by atoms with E-state index in [1.807, 2.05) is 11.8 Å². The quantitative estimate of drug-likeness (QED) is 0.717. The molecule has 11 heteroatoms. The lowest BCUT2D eigenvalue weighted by Crippen LogP contribution is -2.44. The van der Waals surface area contributed by atoms with E-state index in [4.69, 9.17) is 9.72 Å². The molecule has 1 fully saturated rings. The largest absolute Gasteiger partial charge is 0.377 e. The summed E-state index contributed by atoms with van der Waals surface area (Å²) in [5.41, 5.74) is 1.48. The molecule has 0 spiro atoms. The van der Waals surface area contributed by atoms with Gasteiger partial charge in [-0.1, -0.05) is 0 Å². The van der Waals surface area contributed by atoms with Gasteiger partial charge in [-0.15, -0.1) is 0 Å². The summed E-state index contributed by atoms with van der Waals surface area (Å²) < 4.78 is 45.5. The van der Waals surface area contributed by atoms with Gasteiger partial charge in [-0.2, -0.15) is 0 Å². The van der Waals surface area contributed by atoms with Crippen molar-refractivity contribution >= 4 is 27.4 Å². The van der Waals surface area contributed by atoms with Gasteiger partial charge in [0.15, 0.2) is 15.7 Å². The number of ether oxygens (including phenoxy) is 1. The highest BCUT2D eigenvalue weighted by Crippen LogP contribution is 2.42. The third-order valence-electron chi connectivity index (χ3n) is 5.74. The highest BCUT2D eigenvalue weighted by molar-refractivity contribution is 7.91. The van der Waals surface area contributed by atoms with Gasteiger partial charge in [0.05, 0.1) is 41.6 Å². The van der Waals surface area contributed by atoms with Gasteiger partial charge >= 0.3 is 6.03 Å². The fourth-order valence-electron chi connectivity index (χ4n) is 4.00. The van der Waals surface area contributed by atoms with Crippen molar-refractivity contribution in [2.24, 2.45) is 0 Å². The molecule has 1 saturated heterocycles. The Labute approximate surface area is 186 Å². The molecular formula is C21H26FN5O4S. The first kappa shape index (κ1) is 22.4. The van der Waals surface area contributed by atoms with Gasteiger partial charge in [-0.25, -0.2) is 27.6 Å². The molecule has 2 aliphatic heterocycles. The predicted octanol–water partition coefficient (Wildman–Crippen LogP) is 2.64. The monoisotopic (exact) mass is 463 g/mol. The standard InChI is InChI=1S/C21H26FN5O4S/c1-4-23-21(28)25-16-6-5-14(9-15(16)22)19-24-17-11-32(29,30)13(3)18(17)20(26-19)27-7-8-31-10-12(27)2/h5-6,9,12-13H,4,7-8,10-11H2,1-3H3,(H2,23,25,28). The molecule has 2 atom stereocenters. The SMILES string of the molecule is CCNC(=O)Nc1ccc(-c2nc3c(c(N4CCOCC4C)n2)C(C)S(=O)(=O)C3)cc1F. The van der Waals surface area contributed by atoms with E-state index >= 15 is 0 Å². The Morgan fingerprint density at radius 1 is 1.31 bits per heavy atom. The van der Waals surface area contributed by atoms with E-state index in [0.717, 1.165) is 0 Å². The molecule has 2 aromatic rings. The van der Waals surface area contributed by atoms with Gasteiger partial charge in [0.25, 0.3) is 0 Å². The van der Waals surface area contributed by atoms with Crippen LogP contribution >= 0.6 is 0 Å². The summed E-state index contributed by atoms with van der Waals surface area (Å²) in [6, 6.07) is 3.78. The van der Waals surface area contributed by atoms with E-state index in [9.17, 15) is 17.6 Å². The van der Waals surface area contributed by atoms with Gasteiger partial charge < -0.3 is 20.3 Å². The number of morpholine rings is 1. The minimum Gasteiger partial charge on any atom is -0.377 e. The Morgan fingerprint density at radius 3 is 2.78 bits per heavy atom. The minimum absolute atomic E-state index is 0.00601. The molecule has 9 nitrogen and oxygen atoms in total. The minimum atomic E-state index is -3.38. The number of nitrogens with zero attached hydrogens (tertiary/aromatic N) is 3. The number of sulfone groups is 1. The lowest BCUT2D eigenvalue weighted by Gasteiger charge is -2.35. The van der Waals surface area contributed by atoms with Crippen molar-refractivity contribution in [3.05, 3.63) is 35.3 Å². The van der Waals surface area contributed by atoms with Crippen LogP contribution in [0.3, 0.4) is 0 Å². The lowest BCUT2D eigenvalue weighted by molar-refractivity contribution is 0.0984. The summed E-state index contributed by atoms with van der Waals surface area (Å²) in [7, 11) is -3.38. The second kappa shape index (κ2) is 8.62. The van der Waals surface area contributed by atoms with Crippen LogP contribution in [0.15, 0.2) is 18.2 Å². The van der Waals surface area contributed by atoms with Gasteiger partial charge in [-0.05, 0) is 39.0 Å². The molecule has 0 aliphatic carbocycles. The maximum atomic E-state index is 14.7. The number of urea groups is 1.